The summed E-state index contributed by atoms with van der Waals surface area (Å²) < 4.78 is 5.18. The van der Waals surface area contributed by atoms with Gasteiger partial charge in [-0.1, -0.05) is 23.7 Å². The maximum absolute atomic E-state index is 12.7. The lowest BCUT2D eigenvalue weighted by Crippen LogP contribution is -2.13. The van der Waals surface area contributed by atoms with Gasteiger partial charge in [0.05, 0.1) is 29.1 Å². The quantitative estimate of drug-likeness (QED) is 0.495. The van der Waals surface area contributed by atoms with Gasteiger partial charge in [-0.3, -0.25) is 4.79 Å². The van der Waals surface area contributed by atoms with Gasteiger partial charge in [0.15, 0.2) is 0 Å². The molecule has 0 aromatic heterocycles. The molecule has 3 aromatic carbocycles. The standard InChI is InChI=1S/C21H19ClN2O2S/c1-26-15-9-7-14(8-10-15)23-19-5-3-4-6-20(19)24-21(25)17-13-16(27-2)11-12-18(17)22/h3-13,23H,1-2H3,(H,24,25). The van der Waals surface area contributed by atoms with Gasteiger partial charge in [-0.15, -0.1) is 11.8 Å². The maximum Gasteiger partial charge on any atom is 0.257 e. The van der Waals surface area contributed by atoms with E-state index in [9.17, 15) is 4.79 Å². The molecule has 2 N–H and O–H groups in total. The Morgan fingerprint density at radius 3 is 2.37 bits per heavy atom. The molecular formula is C21H19ClN2O2S. The zero-order valence-electron chi connectivity index (χ0n) is 15.0. The van der Waals surface area contributed by atoms with Crippen LogP contribution in [0.5, 0.6) is 5.75 Å². The Bertz CT molecular complexity index is 945. The molecular weight excluding hydrogens is 380 g/mol. The number of amides is 1. The highest BCUT2D eigenvalue weighted by Gasteiger charge is 2.13. The fourth-order valence-corrected chi connectivity index (χ4v) is 3.17. The molecule has 0 spiro atoms. The second kappa shape index (κ2) is 8.84. The lowest BCUT2D eigenvalue weighted by atomic mass is 10.2. The van der Waals surface area contributed by atoms with Crippen molar-refractivity contribution in [1.82, 2.24) is 0 Å². The summed E-state index contributed by atoms with van der Waals surface area (Å²) in [6.07, 6.45) is 1.96. The smallest absolute Gasteiger partial charge is 0.257 e. The normalized spacial score (nSPS) is 10.3. The number of carbonyl (C=O) groups is 1. The Kier molecular flexibility index (Phi) is 6.27. The molecule has 0 aliphatic heterocycles. The minimum Gasteiger partial charge on any atom is -0.497 e. The van der Waals surface area contributed by atoms with Crippen LogP contribution in [0.2, 0.25) is 5.02 Å². The lowest BCUT2D eigenvalue weighted by molar-refractivity contribution is 0.102. The third kappa shape index (κ3) is 4.76. The van der Waals surface area contributed by atoms with E-state index in [1.54, 1.807) is 31.0 Å². The van der Waals surface area contributed by atoms with Crippen LogP contribution in [0.4, 0.5) is 17.1 Å². The van der Waals surface area contributed by atoms with Crippen LogP contribution in [0.15, 0.2) is 71.6 Å². The summed E-state index contributed by atoms with van der Waals surface area (Å²) >= 11 is 7.78. The third-order valence-corrected chi connectivity index (χ3v) is 5.02. The molecule has 27 heavy (non-hydrogen) atoms. The molecule has 0 aliphatic carbocycles. The number of ether oxygens (including phenoxy) is 1. The van der Waals surface area contributed by atoms with Gasteiger partial charge in [-0.2, -0.15) is 0 Å². The van der Waals surface area contributed by atoms with E-state index in [0.29, 0.717) is 16.3 Å². The van der Waals surface area contributed by atoms with Crippen LogP contribution < -0.4 is 15.4 Å². The molecule has 0 atom stereocenters. The van der Waals surface area contributed by atoms with Crippen LogP contribution in [-0.2, 0) is 0 Å². The average Bonchev–Trinajstić information content (AvgIpc) is 2.70. The second-order valence-corrected chi connectivity index (χ2v) is 6.99. The van der Waals surface area contributed by atoms with Gasteiger partial charge in [0.1, 0.15) is 5.75 Å². The first-order valence-electron chi connectivity index (χ1n) is 8.25. The zero-order chi connectivity index (χ0) is 19.2. The molecule has 6 heteroatoms. The van der Waals surface area contributed by atoms with Crippen molar-refractivity contribution in [2.45, 2.75) is 4.90 Å². The highest BCUT2D eigenvalue weighted by Crippen LogP contribution is 2.28. The predicted octanol–water partition coefficient (Wildman–Crippen LogP) is 6.07. The van der Waals surface area contributed by atoms with Crippen LogP contribution in [0, 0.1) is 0 Å². The highest BCUT2D eigenvalue weighted by molar-refractivity contribution is 7.98. The maximum atomic E-state index is 12.7. The largest absolute Gasteiger partial charge is 0.497 e. The summed E-state index contributed by atoms with van der Waals surface area (Å²) in [7, 11) is 1.63. The fourth-order valence-electron chi connectivity index (χ4n) is 2.53. The molecule has 0 aliphatic rings. The van der Waals surface area contributed by atoms with Crippen molar-refractivity contribution in [2.24, 2.45) is 0 Å². The van der Waals surface area contributed by atoms with Gasteiger partial charge in [0.2, 0.25) is 0 Å². The van der Waals surface area contributed by atoms with Crippen molar-refractivity contribution < 1.29 is 9.53 Å². The van der Waals surface area contributed by atoms with Crippen LogP contribution >= 0.6 is 23.4 Å². The minimum atomic E-state index is -0.250. The number of anilines is 3. The van der Waals surface area contributed by atoms with Gasteiger partial charge in [0, 0.05) is 10.6 Å². The Balaban J connectivity index is 1.82. The van der Waals surface area contributed by atoms with Crippen LogP contribution in [0.25, 0.3) is 0 Å². The molecule has 0 fully saturated rings. The first-order chi connectivity index (χ1) is 13.1. The van der Waals surface area contributed by atoms with Crippen LogP contribution in [-0.4, -0.2) is 19.3 Å². The van der Waals surface area contributed by atoms with E-state index in [4.69, 9.17) is 16.3 Å². The van der Waals surface area contributed by atoms with Crippen molar-refractivity contribution in [1.29, 1.82) is 0 Å². The first kappa shape index (κ1) is 19.1. The SMILES string of the molecule is COc1ccc(Nc2ccccc2NC(=O)c2cc(SC)ccc2Cl)cc1. The van der Waals surface area contributed by atoms with E-state index in [-0.39, 0.29) is 5.91 Å². The third-order valence-electron chi connectivity index (χ3n) is 3.96. The highest BCUT2D eigenvalue weighted by atomic mass is 35.5. The van der Waals surface area contributed by atoms with Gasteiger partial charge in [-0.05, 0) is 60.9 Å². The van der Waals surface area contributed by atoms with Gasteiger partial charge >= 0.3 is 0 Å². The molecule has 3 rings (SSSR count). The fraction of sp³-hybridized carbons (Fsp3) is 0.0952. The van der Waals surface area contributed by atoms with Crippen molar-refractivity contribution in [2.75, 3.05) is 24.0 Å². The summed E-state index contributed by atoms with van der Waals surface area (Å²) in [5.41, 5.74) is 2.79. The Hall–Kier alpha value is -2.63. The first-order valence-corrected chi connectivity index (χ1v) is 9.86. The lowest BCUT2D eigenvalue weighted by Gasteiger charge is -2.14. The Morgan fingerprint density at radius 2 is 1.70 bits per heavy atom. The summed E-state index contributed by atoms with van der Waals surface area (Å²) in [5.74, 6) is 0.533. The van der Waals surface area contributed by atoms with E-state index >= 15 is 0 Å². The number of benzene rings is 3. The van der Waals surface area contributed by atoms with E-state index in [0.717, 1.165) is 22.0 Å². The molecule has 0 unspecified atom stereocenters. The van der Waals surface area contributed by atoms with Crippen molar-refractivity contribution in [3.8, 4) is 5.75 Å². The summed E-state index contributed by atoms with van der Waals surface area (Å²) in [6.45, 7) is 0. The number of nitrogens with one attached hydrogen (secondary N) is 2. The van der Waals surface area contributed by atoms with Crippen molar-refractivity contribution in [3.05, 3.63) is 77.3 Å². The van der Waals surface area contributed by atoms with Gasteiger partial charge in [0.25, 0.3) is 5.91 Å². The van der Waals surface area contributed by atoms with Crippen LogP contribution in [0.3, 0.4) is 0 Å². The van der Waals surface area contributed by atoms with Gasteiger partial charge < -0.3 is 15.4 Å². The summed E-state index contributed by atoms with van der Waals surface area (Å²) in [6, 6.07) is 20.5. The van der Waals surface area contributed by atoms with Crippen molar-refractivity contribution in [3.63, 3.8) is 0 Å². The number of thioether (sulfide) groups is 1. The summed E-state index contributed by atoms with van der Waals surface area (Å²) in [5, 5.41) is 6.67. The van der Waals surface area contributed by atoms with Gasteiger partial charge in [-0.25, -0.2) is 0 Å². The van der Waals surface area contributed by atoms with E-state index in [1.807, 2.05) is 60.9 Å². The minimum absolute atomic E-state index is 0.250. The average molecular weight is 399 g/mol. The number of hydrogen-bond acceptors (Lipinski definition) is 4. The van der Waals surface area contributed by atoms with E-state index < -0.39 is 0 Å². The van der Waals surface area contributed by atoms with Crippen LogP contribution in [0.1, 0.15) is 10.4 Å². The number of methoxy groups -OCH3 is 1. The monoisotopic (exact) mass is 398 g/mol. The molecule has 0 radical (unpaired) electrons. The number of rotatable bonds is 6. The van der Waals surface area contributed by atoms with E-state index in [1.165, 1.54) is 0 Å². The molecule has 1 amide bonds. The topological polar surface area (TPSA) is 50.4 Å². The molecule has 0 saturated heterocycles. The Labute approximate surface area is 167 Å². The second-order valence-electron chi connectivity index (χ2n) is 5.70. The number of halogens is 1. The molecule has 4 nitrogen and oxygen atoms in total. The summed E-state index contributed by atoms with van der Waals surface area (Å²) in [4.78, 5) is 13.7. The molecule has 0 saturated carbocycles. The number of carbonyl (C=O) groups excluding carboxylic acids is 1. The van der Waals surface area contributed by atoms with Crippen molar-refractivity contribution >= 4 is 46.3 Å². The number of para-hydroxylation sites is 2. The number of hydrogen-bond donors (Lipinski definition) is 2. The van der Waals surface area contributed by atoms with E-state index in [2.05, 4.69) is 10.6 Å². The zero-order valence-corrected chi connectivity index (χ0v) is 16.5. The molecule has 3 aromatic rings. The predicted molar refractivity (Wildman–Crippen MR) is 114 cm³/mol. The molecule has 0 bridgehead atoms. The molecule has 138 valence electrons. The molecule has 0 heterocycles. The Morgan fingerprint density at radius 1 is 1.00 bits per heavy atom.